The highest BCUT2D eigenvalue weighted by Gasteiger charge is 2.40. The predicted octanol–water partition coefficient (Wildman–Crippen LogP) is 1.30. The molecule has 0 bridgehead atoms. The van der Waals surface area contributed by atoms with Crippen LogP contribution < -0.4 is 9.47 Å². The van der Waals surface area contributed by atoms with Gasteiger partial charge >= 0.3 is 5.97 Å². The summed E-state index contributed by atoms with van der Waals surface area (Å²) in [6.07, 6.45) is 0. The van der Waals surface area contributed by atoms with Crippen LogP contribution in [0.1, 0.15) is 6.92 Å². The van der Waals surface area contributed by atoms with Crippen LogP contribution in [0.5, 0.6) is 11.5 Å². The zero-order chi connectivity index (χ0) is 10.2. The molecule has 74 valence electrons. The van der Waals surface area contributed by atoms with Crippen LogP contribution in [0, 0.1) is 0 Å². The zero-order valence-corrected chi connectivity index (χ0v) is 7.69. The molecule has 0 saturated carbocycles. The largest absolute Gasteiger partial charge is 0.485 e. The molecule has 1 aromatic rings. The van der Waals surface area contributed by atoms with Gasteiger partial charge in [-0.05, 0) is 19.1 Å². The van der Waals surface area contributed by atoms with Crippen LogP contribution in [-0.4, -0.2) is 23.3 Å². The standard InChI is InChI=1S/C10H10O4/c1-10(9(11)12)6-13-7-4-2-3-5-8(7)14-10/h2-5H,6H2,1H3,(H,11,12)/t10-/m0/s1. The number of para-hydroxylation sites is 2. The predicted molar refractivity (Wildman–Crippen MR) is 48.6 cm³/mol. The third-order valence-corrected chi connectivity index (χ3v) is 2.14. The third kappa shape index (κ3) is 1.28. The van der Waals surface area contributed by atoms with E-state index < -0.39 is 11.6 Å². The van der Waals surface area contributed by atoms with Gasteiger partial charge < -0.3 is 14.6 Å². The highest BCUT2D eigenvalue weighted by Crippen LogP contribution is 2.34. The molecule has 0 amide bonds. The average molecular weight is 194 g/mol. The molecule has 0 aromatic heterocycles. The van der Waals surface area contributed by atoms with Crippen molar-refractivity contribution in [3.05, 3.63) is 24.3 Å². The number of carboxylic acid groups (broad SMARTS) is 1. The molecule has 0 aliphatic carbocycles. The molecule has 0 spiro atoms. The number of ether oxygens (including phenoxy) is 2. The van der Waals surface area contributed by atoms with Gasteiger partial charge in [0.05, 0.1) is 0 Å². The maximum atomic E-state index is 10.9. The van der Waals surface area contributed by atoms with E-state index in [2.05, 4.69) is 0 Å². The number of aliphatic carboxylic acids is 1. The number of benzene rings is 1. The fourth-order valence-corrected chi connectivity index (χ4v) is 1.25. The van der Waals surface area contributed by atoms with Crippen molar-refractivity contribution in [2.75, 3.05) is 6.61 Å². The first-order chi connectivity index (χ1) is 6.62. The van der Waals surface area contributed by atoms with E-state index in [4.69, 9.17) is 14.6 Å². The van der Waals surface area contributed by atoms with Gasteiger partial charge in [0.1, 0.15) is 6.61 Å². The van der Waals surface area contributed by atoms with Crippen molar-refractivity contribution in [2.45, 2.75) is 12.5 Å². The van der Waals surface area contributed by atoms with Gasteiger partial charge in [0.25, 0.3) is 0 Å². The lowest BCUT2D eigenvalue weighted by atomic mass is 10.1. The fourth-order valence-electron chi connectivity index (χ4n) is 1.25. The molecule has 1 aliphatic heterocycles. The Labute approximate surface area is 81.1 Å². The van der Waals surface area contributed by atoms with Crippen molar-refractivity contribution in [1.29, 1.82) is 0 Å². The minimum atomic E-state index is -1.28. The van der Waals surface area contributed by atoms with E-state index in [1.807, 2.05) is 6.07 Å². The Morgan fingerprint density at radius 2 is 2.07 bits per heavy atom. The summed E-state index contributed by atoms with van der Waals surface area (Å²) in [5.41, 5.74) is -1.28. The second kappa shape index (κ2) is 2.90. The molecule has 0 fully saturated rings. The highest BCUT2D eigenvalue weighted by molar-refractivity contribution is 5.78. The van der Waals surface area contributed by atoms with Crippen molar-refractivity contribution in [2.24, 2.45) is 0 Å². The topological polar surface area (TPSA) is 55.8 Å². The van der Waals surface area contributed by atoms with E-state index in [9.17, 15) is 4.79 Å². The number of fused-ring (bicyclic) bond motifs is 1. The van der Waals surface area contributed by atoms with Crippen LogP contribution in [0.4, 0.5) is 0 Å². The molecule has 14 heavy (non-hydrogen) atoms. The van der Waals surface area contributed by atoms with Gasteiger partial charge in [-0.25, -0.2) is 4.79 Å². The molecule has 1 heterocycles. The van der Waals surface area contributed by atoms with Crippen LogP contribution in [0.15, 0.2) is 24.3 Å². The van der Waals surface area contributed by atoms with E-state index in [-0.39, 0.29) is 6.61 Å². The summed E-state index contributed by atoms with van der Waals surface area (Å²) in [5, 5.41) is 8.92. The minimum Gasteiger partial charge on any atom is -0.485 e. The molecule has 0 unspecified atom stereocenters. The van der Waals surface area contributed by atoms with Crippen molar-refractivity contribution in [3.8, 4) is 11.5 Å². The SMILES string of the molecule is C[C@@]1(C(=O)O)COc2ccccc2O1. The normalized spacial score (nSPS) is 24.4. The van der Waals surface area contributed by atoms with Crippen LogP contribution in [0.2, 0.25) is 0 Å². The van der Waals surface area contributed by atoms with Crippen LogP contribution in [-0.2, 0) is 4.79 Å². The third-order valence-electron chi connectivity index (χ3n) is 2.14. The monoisotopic (exact) mass is 194 g/mol. The van der Waals surface area contributed by atoms with Gasteiger partial charge in [-0.1, -0.05) is 12.1 Å². The Balaban J connectivity index is 2.34. The van der Waals surface area contributed by atoms with Crippen LogP contribution >= 0.6 is 0 Å². The summed E-state index contributed by atoms with van der Waals surface area (Å²) < 4.78 is 10.7. The smallest absolute Gasteiger partial charge is 0.351 e. The minimum absolute atomic E-state index is 0.0271. The average Bonchev–Trinajstić information content (AvgIpc) is 2.17. The second-order valence-corrected chi connectivity index (χ2v) is 3.37. The van der Waals surface area contributed by atoms with Crippen molar-refractivity contribution < 1.29 is 19.4 Å². The Hall–Kier alpha value is -1.71. The Morgan fingerprint density at radius 3 is 2.71 bits per heavy atom. The van der Waals surface area contributed by atoms with E-state index in [1.54, 1.807) is 18.2 Å². The quantitative estimate of drug-likeness (QED) is 0.732. The molecule has 0 saturated heterocycles. The molecule has 1 N–H and O–H groups in total. The second-order valence-electron chi connectivity index (χ2n) is 3.37. The summed E-state index contributed by atoms with van der Waals surface area (Å²) in [6.45, 7) is 1.52. The number of carbonyl (C=O) groups is 1. The molecular weight excluding hydrogens is 184 g/mol. The van der Waals surface area contributed by atoms with Gasteiger partial charge in [-0.2, -0.15) is 0 Å². The highest BCUT2D eigenvalue weighted by atomic mass is 16.6. The van der Waals surface area contributed by atoms with E-state index in [0.717, 1.165) is 0 Å². The lowest BCUT2D eigenvalue weighted by Gasteiger charge is -2.31. The molecule has 0 radical (unpaired) electrons. The van der Waals surface area contributed by atoms with Crippen molar-refractivity contribution in [1.82, 2.24) is 0 Å². The molecule has 2 rings (SSSR count). The zero-order valence-electron chi connectivity index (χ0n) is 7.69. The maximum Gasteiger partial charge on any atom is 0.351 e. The summed E-state index contributed by atoms with van der Waals surface area (Å²) in [7, 11) is 0. The fraction of sp³-hybridized carbons (Fsp3) is 0.300. The van der Waals surface area contributed by atoms with Gasteiger partial charge in [0.15, 0.2) is 11.5 Å². The Bertz CT molecular complexity index is 374. The van der Waals surface area contributed by atoms with Gasteiger partial charge in [-0.3, -0.25) is 0 Å². The molecule has 1 aliphatic rings. The summed E-state index contributed by atoms with van der Waals surface area (Å²) >= 11 is 0. The summed E-state index contributed by atoms with van der Waals surface area (Å²) in [4.78, 5) is 10.9. The molecular formula is C10H10O4. The first-order valence-electron chi connectivity index (χ1n) is 4.26. The number of hydrogen-bond donors (Lipinski definition) is 1. The first-order valence-corrected chi connectivity index (χ1v) is 4.26. The molecule has 4 heteroatoms. The van der Waals surface area contributed by atoms with Crippen molar-refractivity contribution in [3.63, 3.8) is 0 Å². The van der Waals surface area contributed by atoms with Crippen LogP contribution in [0.3, 0.4) is 0 Å². The summed E-state index contributed by atoms with van der Waals surface area (Å²) in [5.74, 6) is 0.0434. The van der Waals surface area contributed by atoms with E-state index in [0.29, 0.717) is 11.5 Å². The Kier molecular flexibility index (Phi) is 1.84. The van der Waals surface area contributed by atoms with E-state index in [1.165, 1.54) is 6.92 Å². The lowest BCUT2D eigenvalue weighted by molar-refractivity contribution is -0.158. The first kappa shape index (κ1) is 8.87. The summed E-state index contributed by atoms with van der Waals surface area (Å²) in [6, 6.07) is 7.02. The maximum absolute atomic E-state index is 10.9. The molecule has 1 aromatic carbocycles. The molecule has 4 nitrogen and oxygen atoms in total. The van der Waals surface area contributed by atoms with Gasteiger partial charge in [0.2, 0.25) is 5.60 Å². The number of carboxylic acids is 1. The number of hydrogen-bond acceptors (Lipinski definition) is 3. The molecule has 1 atom stereocenters. The van der Waals surface area contributed by atoms with Crippen molar-refractivity contribution >= 4 is 5.97 Å². The van der Waals surface area contributed by atoms with Crippen LogP contribution in [0.25, 0.3) is 0 Å². The Morgan fingerprint density at radius 1 is 1.43 bits per heavy atom. The van der Waals surface area contributed by atoms with Gasteiger partial charge in [-0.15, -0.1) is 0 Å². The lowest BCUT2D eigenvalue weighted by Crippen LogP contribution is -2.49. The number of rotatable bonds is 1. The van der Waals surface area contributed by atoms with E-state index >= 15 is 0 Å². The van der Waals surface area contributed by atoms with Gasteiger partial charge in [0, 0.05) is 0 Å².